The normalized spacial score (nSPS) is 11.5. The van der Waals surface area contributed by atoms with Crippen molar-refractivity contribution >= 4 is 71.2 Å². The molecule has 0 saturated heterocycles. The third kappa shape index (κ3) is 6.57. The van der Waals surface area contributed by atoms with Gasteiger partial charge in [0.25, 0.3) is 0 Å². The lowest BCUT2D eigenvalue weighted by atomic mass is 9.84. The number of hydrogen-bond acceptors (Lipinski definition) is 1. The van der Waals surface area contributed by atoms with E-state index in [1.54, 1.807) is 0 Å². The van der Waals surface area contributed by atoms with Crippen LogP contribution >= 0.6 is 0 Å². The second kappa shape index (κ2) is 16.5. The fourth-order valence-electron chi connectivity index (χ4n) is 10.7. The molecule has 0 aliphatic carbocycles. The largest absolute Gasteiger partial charge is 0.310 e. The van der Waals surface area contributed by atoms with Crippen LogP contribution in [0.1, 0.15) is 0 Å². The van der Waals surface area contributed by atoms with E-state index < -0.39 is 0 Å². The number of fused-ring (bicyclic) bond motifs is 7. The number of anilines is 3. The first kappa shape index (κ1) is 39.4. The van der Waals surface area contributed by atoms with Crippen molar-refractivity contribution in [2.75, 3.05) is 4.90 Å². The summed E-state index contributed by atoms with van der Waals surface area (Å²) in [7, 11) is 0. The molecular formula is C66H44N2. The molecule has 0 bridgehead atoms. The van der Waals surface area contributed by atoms with E-state index in [0.717, 1.165) is 28.3 Å². The van der Waals surface area contributed by atoms with Crippen molar-refractivity contribution in [1.29, 1.82) is 0 Å². The van der Waals surface area contributed by atoms with Crippen LogP contribution in [0.5, 0.6) is 0 Å². The topological polar surface area (TPSA) is 8.17 Å². The molecule has 1 heterocycles. The average Bonchev–Trinajstić information content (AvgIpc) is 3.76. The highest BCUT2D eigenvalue weighted by atomic mass is 15.1. The Balaban J connectivity index is 0.984. The standard InChI is InChI=1S/C66H44N2/c1-4-20-47(21-5-1)64-59-32-13-12-30-56(59)57-42-39-50(44-61(57)65(64)48-22-6-2-7-23-48)49-25-16-28-53(43-49)67(62-36-17-24-45-19-10-11-29-54(45)62)52-40-37-46(38-41-52)55-33-18-34-60-58-31-14-15-35-63(58)68(66(55)60)51-26-8-3-9-27-51/h1-44H. The van der Waals surface area contributed by atoms with E-state index in [1.165, 1.54) is 93.1 Å². The zero-order chi connectivity index (χ0) is 45.0. The summed E-state index contributed by atoms with van der Waals surface area (Å²) in [4.78, 5) is 2.43. The van der Waals surface area contributed by atoms with Crippen LogP contribution in [-0.2, 0) is 0 Å². The van der Waals surface area contributed by atoms with Crippen molar-refractivity contribution in [3.8, 4) is 50.2 Å². The molecule has 0 radical (unpaired) electrons. The second-order valence-electron chi connectivity index (χ2n) is 17.6. The Morgan fingerprint density at radius 1 is 0.279 bits per heavy atom. The summed E-state index contributed by atoms with van der Waals surface area (Å²) in [6.45, 7) is 0. The number of rotatable bonds is 8. The molecule has 0 fully saturated rings. The number of para-hydroxylation sites is 3. The molecule has 13 aromatic rings. The first-order chi connectivity index (χ1) is 33.8. The monoisotopic (exact) mass is 864 g/mol. The Morgan fingerprint density at radius 2 is 0.809 bits per heavy atom. The fraction of sp³-hybridized carbons (Fsp3) is 0. The number of benzene rings is 12. The summed E-state index contributed by atoms with van der Waals surface area (Å²) < 4.78 is 2.42. The van der Waals surface area contributed by atoms with Crippen LogP contribution in [0.2, 0.25) is 0 Å². The van der Waals surface area contributed by atoms with Crippen molar-refractivity contribution < 1.29 is 0 Å². The van der Waals surface area contributed by atoms with E-state index in [9.17, 15) is 0 Å². The van der Waals surface area contributed by atoms with Gasteiger partial charge in [-0.3, -0.25) is 0 Å². The van der Waals surface area contributed by atoms with Crippen LogP contribution in [0.4, 0.5) is 17.1 Å². The van der Waals surface area contributed by atoms with Gasteiger partial charge in [0.2, 0.25) is 0 Å². The van der Waals surface area contributed by atoms with Gasteiger partial charge in [-0.15, -0.1) is 0 Å². The third-order valence-corrected chi connectivity index (χ3v) is 13.7. The summed E-state index contributed by atoms with van der Waals surface area (Å²) in [5, 5.41) is 9.88. The molecule has 0 atom stereocenters. The van der Waals surface area contributed by atoms with Crippen LogP contribution < -0.4 is 4.90 Å². The van der Waals surface area contributed by atoms with Gasteiger partial charge in [0.05, 0.1) is 16.7 Å². The van der Waals surface area contributed by atoms with Gasteiger partial charge in [-0.2, -0.15) is 0 Å². The average molecular weight is 865 g/mol. The first-order valence-corrected chi connectivity index (χ1v) is 23.4. The minimum absolute atomic E-state index is 1.09. The number of aromatic nitrogens is 1. The minimum Gasteiger partial charge on any atom is -0.310 e. The molecule has 0 spiro atoms. The Kier molecular flexibility index (Phi) is 9.54. The van der Waals surface area contributed by atoms with Crippen molar-refractivity contribution in [3.63, 3.8) is 0 Å². The van der Waals surface area contributed by atoms with Gasteiger partial charge in [0.1, 0.15) is 0 Å². The molecule has 12 aromatic carbocycles. The van der Waals surface area contributed by atoms with Gasteiger partial charge in [-0.1, -0.05) is 212 Å². The molecule has 13 rings (SSSR count). The Morgan fingerprint density at radius 3 is 1.57 bits per heavy atom. The fourth-order valence-corrected chi connectivity index (χ4v) is 10.7. The zero-order valence-corrected chi connectivity index (χ0v) is 37.3. The van der Waals surface area contributed by atoms with Gasteiger partial charge in [-0.25, -0.2) is 0 Å². The van der Waals surface area contributed by atoms with Crippen molar-refractivity contribution in [2.45, 2.75) is 0 Å². The molecule has 1 aromatic heterocycles. The van der Waals surface area contributed by atoms with Crippen LogP contribution in [-0.4, -0.2) is 4.57 Å². The third-order valence-electron chi connectivity index (χ3n) is 13.7. The van der Waals surface area contributed by atoms with Crippen molar-refractivity contribution in [2.24, 2.45) is 0 Å². The van der Waals surface area contributed by atoms with Crippen LogP contribution in [0, 0.1) is 0 Å². The summed E-state index contributed by atoms with van der Waals surface area (Å²) in [5.41, 5.74) is 16.5. The van der Waals surface area contributed by atoms with Gasteiger partial charge in [0, 0.05) is 38.8 Å². The molecule has 0 N–H and O–H groups in total. The highest BCUT2D eigenvalue weighted by molar-refractivity contribution is 6.22. The maximum absolute atomic E-state index is 2.43. The first-order valence-electron chi connectivity index (χ1n) is 23.4. The quantitative estimate of drug-likeness (QED) is 0.138. The Bertz CT molecular complexity index is 4000. The van der Waals surface area contributed by atoms with E-state index in [0.29, 0.717) is 0 Å². The van der Waals surface area contributed by atoms with E-state index in [2.05, 4.69) is 276 Å². The van der Waals surface area contributed by atoms with E-state index in [4.69, 9.17) is 0 Å². The maximum Gasteiger partial charge on any atom is 0.0619 e. The van der Waals surface area contributed by atoms with Crippen molar-refractivity contribution in [1.82, 2.24) is 4.57 Å². The summed E-state index contributed by atoms with van der Waals surface area (Å²) in [5.74, 6) is 0. The molecule has 68 heavy (non-hydrogen) atoms. The molecule has 0 aliphatic heterocycles. The molecule has 2 heteroatoms. The van der Waals surface area contributed by atoms with Crippen LogP contribution in [0.15, 0.2) is 267 Å². The maximum atomic E-state index is 2.43. The lowest BCUT2D eigenvalue weighted by Gasteiger charge is -2.27. The SMILES string of the molecule is c1ccc(-c2c(-c3ccccc3)c3cc(-c4cccc(N(c5ccc(-c6cccc7c8ccccc8n(-c8ccccc8)c67)cc5)c5cccc6ccccc56)c4)ccc3c3ccccc23)cc1. The lowest BCUT2D eigenvalue weighted by molar-refractivity contribution is 1.18. The Labute approximate surface area is 395 Å². The molecule has 0 aliphatic rings. The summed E-state index contributed by atoms with van der Waals surface area (Å²) in [6.07, 6.45) is 0. The van der Waals surface area contributed by atoms with Gasteiger partial charge in [-0.05, 0) is 120 Å². The zero-order valence-electron chi connectivity index (χ0n) is 37.3. The van der Waals surface area contributed by atoms with E-state index in [1.807, 2.05) is 0 Å². The van der Waals surface area contributed by atoms with Crippen LogP contribution in [0.25, 0.3) is 104 Å². The smallest absolute Gasteiger partial charge is 0.0619 e. The van der Waals surface area contributed by atoms with E-state index >= 15 is 0 Å². The highest BCUT2D eigenvalue weighted by Gasteiger charge is 2.21. The molecular weight excluding hydrogens is 821 g/mol. The summed E-state index contributed by atoms with van der Waals surface area (Å²) >= 11 is 0. The molecule has 318 valence electrons. The predicted molar refractivity (Wildman–Crippen MR) is 290 cm³/mol. The Hall–Kier alpha value is -8.98. The number of nitrogens with zero attached hydrogens (tertiary/aromatic N) is 2. The second-order valence-corrected chi connectivity index (χ2v) is 17.6. The van der Waals surface area contributed by atoms with Crippen LogP contribution in [0.3, 0.4) is 0 Å². The molecule has 2 nitrogen and oxygen atoms in total. The van der Waals surface area contributed by atoms with Gasteiger partial charge >= 0.3 is 0 Å². The number of hydrogen-bond donors (Lipinski definition) is 0. The molecule has 0 unspecified atom stereocenters. The highest BCUT2D eigenvalue weighted by Crippen LogP contribution is 2.47. The lowest BCUT2D eigenvalue weighted by Crippen LogP contribution is -2.10. The minimum atomic E-state index is 1.09. The van der Waals surface area contributed by atoms with Crippen molar-refractivity contribution in [3.05, 3.63) is 267 Å². The van der Waals surface area contributed by atoms with E-state index in [-0.39, 0.29) is 0 Å². The van der Waals surface area contributed by atoms with Gasteiger partial charge in [0.15, 0.2) is 0 Å². The predicted octanol–water partition coefficient (Wildman–Crippen LogP) is 18.4. The molecule has 0 saturated carbocycles. The summed E-state index contributed by atoms with van der Waals surface area (Å²) in [6, 6.07) is 97.5. The molecule has 0 amide bonds. The van der Waals surface area contributed by atoms with Gasteiger partial charge < -0.3 is 9.47 Å².